The van der Waals surface area contributed by atoms with Gasteiger partial charge in [0, 0.05) is 19.1 Å². The van der Waals surface area contributed by atoms with Crippen LogP contribution in [0.5, 0.6) is 5.75 Å². The molecule has 5 nitrogen and oxygen atoms in total. The summed E-state index contributed by atoms with van der Waals surface area (Å²) in [6.45, 7) is 6.78. The minimum absolute atomic E-state index is 0.119. The summed E-state index contributed by atoms with van der Waals surface area (Å²) in [6, 6.07) is 0.149. The van der Waals surface area contributed by atoms with Gasteiger partial charge >= 0.3 is 0 Å². The third kappa shape index (κ3) is 3.03. The highest BCUT2D eigenvalue weighted by molar-refractivity contribution is 5.97. The summed E-state index contributed by atoms with van der Waals surface area (Å²) < 4.78 is 12.5. The first-order valence-corrected chi connectivity index (χ1v) is 7.33. The summed E-state index contributed by atoms with van der Waals surface area (Å²) in [5.74, 6) is 1.12. The molecule has 1 aromatic heterocycles. The van der Waals surface area contributed by atoms with Gasteiger partial charge in [-0.2, -0.15) is 5.10 Å². The van der Waals surface area contributed by atoms with E-state index in [-0.39, 0.29) is 11.8 Å². The number of hydrogen-bond acceptors (Lipinski definition) is 4. The highest BCUT2D eigenvalue weighted by atomic mass is 16.5. The molecule has 1 fully saturated rings. The van der Waals surface area contributed by atoms with Gasteiger partial charge < -0.3 is 9.47 Å². The highest BCUT2D eigenvalue weighted by Crippen LogP contribution is 2.34. The second-order valence-electron chi connectivity index (χ2n) is 5.64. The van der Waals surface area contributed by atoms with Crippen molar-refractivity contribution in [3.05, 3.63) is 11.9 Å². The molecule has 0 amide bonds. The Kier molecular flexibility index (Phi) is 4.81. The van der Waals surface area contributed by atoms with Crippen LogP contribution in [0.2, 0.25) is 0 Å². The van der Waals surface area contributed by atoms with Crippen LogP contribution < -0.4 is 4.74 Å². The van der Waals surface area contributed by atoms with E-state index in [4.69, 9.17) is 9.47 Å². The van der Waals surface area contributed by atoms with Crippen LogP contribution in [0.3, 0.4) is 0 Å². The lowest BCUT2D eigenvalue weighted by Crippen LogP contribution is -2.33. The number of carbonyl (C=O) groups excluding carboxylic acids is 1. The first-order chi connectivity index (χ1) is 9.56. The second-order valence-corrected chi connectivity index (χ2v) is 5.64. The van der Waals surface area contributed by atoms with Crippen molar-refractivity contribution >= 4 is 5.78 Å². The molecule has 1 heterocycles. The molecule has 0 N–H and O–H groups in total. The van der Waals surface area contributed by atoms with Crippen LogP contribution >= 0.6 is 0 Å². The largest absolute Gasteiger partial charge is 0.493 e. The lowest BCUT2D eigenvalue weighted by atomic mass is 9.78. The molecule has 5 heteroatoms. The van der Waals surface area contributed by atoms with E-state index >= 15 is 0 Å². The Hall–Kier alpha value is -1.36. The van der Waals surface area contributed by atoms with Crippen molar-refractivity contribution in [1.82, 2.24) is 9.78 Å². The van der Waals surface area contributed by atoms with Gasteiger partial charge in [0.1, 0.15) is 5.69 Å². The van der Waals surface area contributed by atoms with Crippen molar-refractivity contribution in [3.8, 4) is 5.75 Å². The molecule has 1 aromatic rings. The Labute approximate surface area is 120 Å². The molecule has 20 heavy (non-hydrogen) atoms. The number of hydrogen-bond donors (Lipinski definition) is 0. The molecule has 0 unspecified atom stereocenters. The van der Waals surface area contributed by atoms with Gasteiger partial charge in [-0.15, -0.1) is 0 Å². The molecule has 1 saturated carbocycles. The van der Waals surface area contributed by atoms with E-state index < -0.39 is 0 Å². The van der Waals surface area contributed by atoms with E-state index in [1.165, 1.54) is 0 Å². The highest BCUT2D eigenvalue weighted by Gasteiger charge is 2.33. The molecule has 0 spiro atoms. The van der Waals surface area contributed by atoms with E-state index in [1.54, 1.807) is 18.0 Å². The zero-order chi connectivity index (χ0) is 14.7. The predicted molar refractivity (Wildman–Crippen MR) is 76.2 cm³/mol. The molecule has 0 aromatic carbocycles. The van der Waals surface area contributed by atoms with Crippen molar-refractivity contribution in [2.24, 2.45) is 5.92 Å². The van der Waals surface area contributed by atoms with Crippen LogP contribution in [-0.2, 0) is 4.74 Å². The average Bonchev–Trinajstić information content (AvgIpc) is 2.80. The monoisotopic (exact) mass is 280 g/mol. The quantitative estimate of drug-likeness (QED) is 0.721. The van der Waals surface area contributed by atoms with Crippen LogP contribution in [0.4, 0.5) is 0 Å². The van der Waals surface area contributed by atoms with E-state index in [2.05, 4.69) is 5.10 Å². The van der Waals surface area contributed by atoms with E-state index in [0.717, 1.165) is 19.4 Å². The summed E-state index contributed by atoms with van der Waals surface area (Å²) in [7, 11) is 1.58. The molecule has 0 aliphatic heterocycles. The molecule has 112 valence electrons. The number of nitrogens with zero attached hydrogens (tertiary/aromatic N) is 2. The molecule has 2 rings (SSSR count). The van der Waals surface area contributed by atoms with Crippen LogP contribution in [0.15, 0.2) is 6.20 Å². The van der Waals surface area contributed by atoms with E-state index in [0.29, 0.717) is 29.9 Å². The Morgan fingerprint density at radius 2 is 2.20 bits per heavy atom. The average molecular weight is 280 g/mol. The molecule has 1 aliphatic carbocycles. The molecule has 0 saturated heterocycles. The maximum absolute atomic E-state index is 12.5. The summed E-state index contributed by atoms with van der Waals surface area (Å²) in [5.41, 5.74) is 0.599. The topological polar surface area (TPSA) is 53.4 Å². The smallest absolute Gasteiger partial charge is 0.184 e. The lowest BCUT2D eigenvalue weighted by Gasteiger charge is -2.34. The van der Waals surface area contributed by atoms with Crippen LogP contribution in [0.25, 0.3) is 0 Å². The van der Waals surface area contributed by atoms with Crippen molar-refractivity contribution in [2.45, 2.75) is 52.2 Å². The van der Waals surface area contributed by atoms with Crippen LogP contribution in [-0.4, -0.2) is 35.4 Å². The number of Topliss-reactive ketones (excluding diaryl/α,β-unsaturated/α-hetero) is 1. The Bertz CT molecular complexity index is 462. The van der Waals surface area contributed by atoms with Gasteiger partial charge in [-0.25, -0.2) is 0 Å². The number of methoxy groups -OCH3 is 1. The molecule has 0 bridgehead atoms. The fourth-order valence-electron chi connectivity index (χ4n) is 2.72. The summed E-state index contributed by atoms with van der Waals surface area (Å²) in [4.78, 5) is 12.5. The minimum atomic E-state index is 0.119. The SMILES string of the molecule is CCOC1CC(CC(=O)c2c(OC)cnn2C(C)C)C1. The fourth-order valence-corrected chi connectivity index (χ4v) is 2.72. The lowest BCUT2D eigenvalue weighted by molar-refractivity contribution is -0.0246. The third-order valence-electron chi connectivity index (χ3n) is 3.80. The zero-order valence-electron chi connectivity index (χ0n) is 12.8. The van der Waals surface area contributed by atoms with Crippen LogP contribution in [0, 0.1) is 5.92 Å². The normalized spacial score (nSPS) is 21.9. The van der Waals surface area contributed by atoms with Gasteiger partial charge in [0.15, 0.2) is 11.5 Å². The number of aromatic nitrogens is 2. The number of rotatable bonds is 7. The number of ether oxygens (including phenoxy) is 2. The van der Waals surface area contributed by atoms with Crippen LogP contribution in [0.1, 0.15) is 56.6 Å². The summed E-state index contributed by atoms with van der Waals surface area (Å²) >= 11 is 0. The summed E-state index contributed by atoms with van der Waals surface area (Å²) in [6.07, 6.45) is 4.49. The molecule has 0 radical (unpaired) electrons. The number of ketones is 1. The van der Waals surface area contributed by atoms with Gasteiger partial charge in [0.25, 0.3) is 0 Å². The summed E-state index contributed by atoms with van der Waals surface area (Å²) in [5, 5.41) is 4.25. The third-order valence-corrected chi connectivity index (χ3v) is 3.80. The Morgan fingerprint density at radius 1 is 1.50 bits per heavy atom. The molecular weight excluding hydrogens is 256 g/mol. The maximum Gasteiger partial charge on any atom is 0.184 e. The van der Waals surface area contributed by atoms with Crippen molar-refractivity contribution in [1.29, 1.82) is 0 Å². The number of carbonyl (C=O) groups is 1. The maximum atomic E-state index is 12.5. The Balaban J connectivity index is 2.01. The predicted octanol–water partition coefficient (Wildman–Crippen LogP) is 2.86. The van der Waals surface area contributed by atoms with Gasteiger partial charge in [-0.05, 0) is 39.5 Å². The zero-order valence-corrected chi connectivity index (χ0v) is 12.8. The first-order valence-electron chi connectivity index (χ1n) is 7.33. The second kappa shape index (κ2) is 6.39. The van der Waals surface area contributed by atoms with Crippen molar-refractivity contribution in [2.75, 3.05) is 13.7 Å². The fraction of sp³-hybridized carbons (Fsp3) is 0.733. The van der Waals surface area contributed by atoms with Crippen molar-refractivity contribution < 1.29 is 14.3 Å². The van der Waals surface area contributed by atoms with Gasteiger partial charge in [0.05, 0.1) is 19.4 Å². The van der Waals surface area contributed by atoms with E-state index in [1.807, 2.05) is 20.8 Å². The Morgan fingerprint density at radius 3 is 2.75 bits per heavy atom. The minimum Gasteiger partial charge on any atom is -0.493 e. The van der Waals surface area contributed by atoms with Gasteiger partial charge in [-0.1, -0.05) is 0 Å². The first kappa shape index (κ1) is 15.0. The molecular formula is C15H24N2O3. The standard InChI is InChI=1S/C15H24N2O3/c1-5-20-12-6-11(7-12)8-13(18)15-14(19-4)9-16-17(15)10(2)3/h9-12H,5-8H2,1-4H3. The van der Waals surface area contributed by atoms with Crippen molar-refractivity contribution in [3.63, 3.8) is 0 Å². The molecule has 1 aliphatic rings. The van der Waals surface area contributed by atoms with Gasteiger partial charge in [-0.3, -0.25) is 9.48 Å². The van der Waals surface area contributed by atoms with Gasteiger partial charge in [0.2, 0.25) is 0 Å². The van der Waals surface area contributed by atoms with E-state index in [9.17, 15) is 4.79 Å². The molecule has 0 atom stereocenters.